The van der Waals surface area contributed by atoms with Crippen LogP contribution in [0, 0.1) is 17.0 Å². The van der Waals surface area contributed by atoms with Crippen molar-refractivity contribution >= 4 is 28.6 Å². The zero-order valence-corrected chi connectivity index (χ0v) is 14.7. The van der Waals surface area contributed by atoms with Gasteiger partial charge in [0.25, 0.3) is 11.2 Å². The molecule has 1 aromatic heterocycles. The van der Waals surface area contributed by atoms with Crippen molar-refractivity contribution in [2.24, 2.45) is 0 Å². The molecule has 1 aliphatic rings. The van der Waals surface area contributed by atoms with E-state index >= 15 is 0 Å². The highest BCUT2D eigenvalue weighted by atomic mass is 16.6. The molecule has 0 saturated heterocycles. The van der Waals surface area contributed by atoms with E-state index in [1.54, 1.807) is 6.07 Å². The molecule has 132 valence electrons. The van der Waals surface area contributed by atoms with Crippen LogP contribution in [-0.4, -0.2) is 12.0 Å². The summed E-state index contributed by atoms with van der Waals surface area (Å²) in [7, 11) is 1.93. The first-order valence-electron chi connectivity index (χ1n) is 8.32. The fourth-order valence-corrected chi connectivity index (χ4v) is 3.15. The lowest BCUT2D eigenvalue weighted by molar-refractivity contribution is -0.674. The Bertz CT molecular complexity index is 1070. The van der Waals surface area contributed by atoms with Gasteiger partial charge in [-0.05, 0) is 31.5 Å². The number of nitrogens with zero attached hydrogens (tertiary/aromatic N) is 3. The molecule has 3 aromatic rings. The number of anilines is 1. The molecule has 2 aromatic carbocycles. The Morgan fingerprint density at radius 1 is 1.27 bits per heavy atom. The molecule has 2 heterocycles. The molecular formula is C19H18N3O4+. The Hall–Kier alpha value is -3.35. The summed E-state index contributed by atoms with van der Waals surface area (Å²) < 4.78 is 13.8. The topological polar surface area (TPSA) is 72.6 Å². The minimum absolute atomic E-state index is 0.00539. The molecular weight excluding hydrogens is 334 g/mol. The summed E-state index contributed by atoms with van der Waals surface area (Å²) >= 11 is 0. The number of nitro groups is 1. The van der Waals surface area contributed by atoms with Crippen LogP contribution in [0.15, 0.2) is 46.7 Å². The Labute approximate surface area is 149 Å². The number of oxazole rings is 1. The average Bonchev–Trinajstić information content (AvgIpc) is 3.12. The van der Waals surface area contributed by atoms with Gasteiger partial charge in [0, 0.05) is 19.2 Å². The molecule has 0 bridgehead atoms. The predicted molar refractivity (Wildman–Crippen MR) is 96.9 cm³/mol. The molecule has 0 amide bonds. The standard InChI is InChI=1S/C19H18N3O4/c1-4-21-14-7-6-13(22(23)24)10-17(14)26-19(21)11-18-20(3)15-9-12(2)5-8-16(15)25-18/h5-11H,4H2,1-3H3/q+1. The van der Waals surface area contributed by atoms with Crippen molar-refractivity contribution in [3.05, 3.63) is 63.8 Å². The maximum Gasteiger partial charge on any atom is 0.379 e. The van der Waals surface area contributed by atoms with Gasteiger partial charge in [0.2, 0.25) is 11.5 Å². The van der Waals surface area contributed by atoms with E-state index in [0.29, 0.717) is 23.9 Å². The van der Waals surface area contributed by atoms with Crippen molar-refractivity contribution in [2.45, 2.75) is 20.4 Å². The Morgan fingerprint density at radius 3 is 2.81 bits per heavy atom. The van der Waals surface area contributed by atoms with E-state index in [-0.39, 0.29) is 5.69 Å². The van der Waals surface area contributed by atoms with Gasteiger partial charge < -0.3 is 14.1 Å². The first-order valence-corrected chi connectivity index (χ1v) is 8.32. The number of benzene rings is 2. The largest absolute Gasteiger partial charge is 0.438 e. The number of hydrogen-bond donors (Lipinski definition) is 0. The van der Waals surface area contributed by atoms with E-state index in [2.05, 4.69) is 6.07 Å². The van der Waals surface area contributed by atoms with Crippen LogP contribution in [0.2, 0.25) is 0 Å². The molecule has 7 heteroatoms. The molecule has 0 N–H and O–H groups in total. The van der Waals surface area contributed by atoms with Crippen LogP contribution >= 0.6 is 0 Å². The third-order valence-electron chi connectivity index (χ3n) is 4.51. The van der Waals surface area contributed by atoms with Crippen LogP contribution in [0.4, 0.5) is 11.4 Å². The Morgan fingerprint density at radius 2 is 2.08 bits per heavy atom. The van der Waals surface area contributed by atoms with E-state index in [9.17, 15) is 10.1 Å². The number of hydrogen-bond acceptors (Lipinski definition) is 5. The van der Waals surface area contributed by atoms with Gasteiger partial charge in [0.1, 0.15) is 12.6 Å². The number of fused-ring (bicyclic) bond motifs is 2. The minimum atomic E-state index is -0.427. The molecule has 4 rings (SSSR count). The molecule has 0 radical (unpaired) electrons. The smallest absolute Gasteiger partial charge is 0.379 e. The average molecular weight is 352 g/mol. The summed E-state index contributed by atoms with van der Waals surface area (Å²) in [6, 6.07) is 10.6. The lowest BCUT2D eigenvalue weighted by atomic mass is 10.2. The number of non-ortho nitro benzene ring substituents is 1. The van der Waals surface area contributed by atoms with Gasteiger partial charge >= 0.3 is 5.89 Å². The number of nitro benzene ring substituents is 1. The lowest BCUT2D eigenvalue weighted by Crippen LogP contribution is -2.34. The van der Waals surface area contributed by atoms with Crippen LogP contribution in [0.3, 0.4) is 0 Å². The van der Waals surface area contributed by atoms with Gasteiger partial charge in [-0.25, -0.2) is 0 Å². The highest BCUT2D eigenvalue weighted by Crippen LogP contribution is 2.39. The first-order chi connectivity index (χ1) is 12.5. The molecule has 0 fully saturated rings. The molecule has 7 nitrogen and oxygen atoms in total. The van der Waals surface area contributed by atoms with Gasteiger partial charge in [0.05, 0.1) is 16.7 Å². The number of rotatable bonds is 3. The third kappa shape index (κ3) is 2.48. The van der Waals surface area contributed by atoms with Gasteiger partial charge in [-0.3, -0.25) is 10.1 Å². The summed E-state index contributed by atoms with van der Waals surface area (Å²) in [5.41, 5.74) is 3.43. The van der Waals surface area contributed by atoms with Crippen LogP contribution in [0.25, 0.3) is 17.2 Å². The summed E-state index contributed by atoms with van der Waals surface area (Å²) in [5, 5.41) is 11.0. The molecule has 0 aliphatic carbocycles. The monoisotopic (exact) mass is 352 g/mol. The maximum absolute atomic E-state index is 11.0. The van der Waals surface area contributed by atoms with Crippen molar-refractivity contribution in [3.63, 3.8) is 0 Å². The molecule has 26 heavy (non-hydrogen) atoms. The van der Waals surface area contributed by atoms with Crippen LogP contribution in [-0.2, 0) is 6.54 Å². The second-order valence-electron chi connectivity index (χ2n) is 6.21. The fraction of sp³-hybridized carbons (Fsp3) is 0.211. The molecule has 0 saturated carbocycles. The zero-order chi connectivity index (χ0) is 18.4. The van der Waals surface area contributed by atoms with Crippen molar-refractivity contribution in [2.75, 3.05) is 11.9 Å². The van der Waals surface area contributed by atoms with Gasteiger partial charge in [0.15, 0.2) is 5.75 Å². The van der Waals surface area contributed by atoms with Crippen LogP contribution < -0.4 is 14.2 Å². The Kier molecular flexibility index (Phi) is 3.64. The van der Waals surface area contributed by atoms with E-state index < -0.39 is 4.92 Å². The van der Waals surface area contributed by atoms with Crippen molar-refractivity contribution in [1.29, 1.82) is 0 Å². The third-order valence-corrected chi connectivity index (χ3v) is 4.51. The molecule has 1 aliphatic heterocycles. The Balaban J connectivity index is 1.80. The van der Waals surface area contributed by atoms with Gasteiger partial charge in [-0.15, -0.1) is 0 Å². The maximum atomic E-state index is 11.0. The quantitative estimate of drug-likeness (QED) is 0.407. The highest BCUT2D eigenvalue weighted by molar-refractivity contribution is 5.74. The van der Waals surface area contributed by atoms with E-state index in [1.807, 2.05) is 48.6 Å². The number of aryl methyl sites for hydroxylation is 2. The number of ether oxygens (including phenoxy) is 1. The summed E-state index contributed by atoms with van der Waals surface area (Å²) in [5.74, 6) is 2.01. The number of aromatic nitrogens is 1. The van der Waals surface area contributed by atoms with E-state index in [4.69, 9.17) is 9.15 Å². The lowest BCUT2D eigenvalue weighted by Gasteiger charge is -2.10. The van der Waals surface area contributed by atoms with E-state index in [0.717, 1.165) is 22.5 Å². The van der Waals surface area contributed by atoms with Gasteiger partial charge in [-0.2, -0.15) is 4.57 Å². The fourth-order valence-electron chi connectivity index (χ4n) is 3.15. The van der Waals surface area contributed by atoms with Gasteiger partial charge in [-0.1, -0.05) is 6.07 Å². The second kappa shape index (κ2) is 5.87. The normalized spacial score (nSPS) is 14.7. The predicted octanol–water partition coefficient (Wildman–Crippen LogP) is 3.78. The zero-order valence-electron chi connectivity index (χ0n) is 14.7. The SMILES string of the molecule is CC[n+]1c(C=C2Oc3ccc(C)cc3N2C)oc2cc([N+](=O)[O-])ccc21. The molecule has 0 unspecified atom stereocenters. The summed E-state index contributed by atoms with van der Waals surface area (Å²) in [4.78, 5) is 12.5. The summed E-state index contributed by atoms with van der Waals surface area (Å²) in [6.45, 7) is 4.70. The van der Waals surface area contributed by atoms with Crippen LogP contribution in [0.5, 0.6) is 5.75 Å². The molecule has 0 atom stereocenters. The van der Waals surface area contributed by atoms with Crippen molar-refractivity contribution < 1.29 is 18.6 Å². The summed E-state index contributed by atoms with van der Waals surface area (Å²) in [6.07, 6.45) is 1.81. The highest BCUT2D eigenvalue weighted by Gasteiger charge is 2.28. The molecule has 0 spiro atoms. The van der Waals surface area contributed by atoms with Crippen LogP contribution in [0.1, 0.15) is 18.4 Å². The van der Waals surface area contributed by atoms with E-state index in [1.165, 1.54) is 12.1 Å². The minimum Gasteiger partial charge on any atom is -0.438 e. The first kappa shape index (κ1) is 16.1. The van der Waals surface area contributed by atoms with Crippen molar-refractivity contribution in [3.8, 4) is 5.75 Å². The second-order valence-corrected chi connectivity index (χ2v) is 6.21. The van der Waals surface area contributed by atoms with Crippen molar-refractivity contribution in [1.82, 2.24) is 0 Å².